The zero-order valence-electron chi connectivity index (χ0n) is 11.7. The molecule has 0 aromatic heterocycles. The summed E-state index contributed by atoms with van der Waals surface area (Å²) in [6.45, 7) is 6.47. The lowest BCUT2D eigenvalue weighted by Crippen LogP contribution is -2.35. The van der Waals surface area contributed by atoms with E-state index in [9.17, 15) is 4.79 Å². The van der Waals surface area contributed by atoms with Crippen LogP contribution in [0, 0.1) is 5.92 Å². The van der Waals surface area contributed by atoms with Crippen molar-refractivity contribution in [3.63, 3.8) is 0 Å². The fraction of sp³-hybridized carbons (Fsp3) is 0.533. The molecule has 0 saturated carbocycles. The topological polar surface area (TPSA) is 58.4 Å². The molecule has 4 nitrogen and oxygen atoms in total. The van der Waals surface area contributed by atoms with Crippen LogP contribution in [0.4, 0.5) is 0 Å². The number of carbonyl (C=O) groups is 1. The zero-order valence-corrected chi connectivity index (χ0v) is 11.7. The van der Waals surface area contributed by atoms with Crippen molar-refractivity contribution in [2.45, 2.75) is 39.3 Å². The summed E-state index contributed by atoms with van der Waals surface area (Å²) >= 11 is 0. The predicted molar refractivity (Wildman–Crippen MR) is 76.4 cm³/mol. The number of likely N-dealkylation sites (tertiary alicyclic amines) is 1. The van der Waals surface area contributed by atoms with Gasteiger partial charge < -0.3 is 0 Å². The summed E-state index contributed by atoms with van der Waals surface area (Å²) in [5, 5.41) is 0. The molecule has 1 aliphatic heterocycles. The SMILES string of the molecule is CC(C)C1CCCN1Cc1ccccc1C(=O)NN. The van der Waals surface area contributed by atoms with E-state index in [-0.39, 0.29) is 5.91 Å². The molecule has 0 radical (unpaired) electrons. The molecule has 19 heavy (non-hydrogen) atoms. The number of amides is 1. The lowest BCUT2D eigenvalue weighted by atomic mass is 10.0. The zero-order chi connectivity index (χ0) is 13.8. The molecule has 0 aliphatic carbocycles. The Kier molecular flexibility index (Phi) is 4.56. The van der Waals surface area contributed by atoms with Crippen molar-refractivity contribution >= 4 is 5.91 Å². The van der Waals surface area contributed by atoms with Crippen molar-refractivity contribution in [1.29, 1.82) is 0 Å². The number of nitrogens with one attached hydrogen (secondary N) is 1. The van der Waals surface area contributed by atoms with Crippen molar-refractivity contribution in [1.82, 2.24) is 10.3 Å². The maximum absolute atomic E-state index is 11.8. The highest BCUT2D eigenvalue weighted by atomic mass is 16.2. The summed E-state index contributed by atoms with van der Waals surface area (Å²) in [5.74, 6) is 5.68. The second kappa shape index (κ2) is 6.17. The van der Waals surface area contributed by atoms with Crippen LogP contribution in [0.15, 0.2) is 24.3 Å². The van der Waals surface area contributed by atoms with Gasteiger partial charge in [0.15, 0.2) is 0 Å². The first-order valence-corrected chi connectivity index (χ1v) is 6.96. The average Bonchev–Trinajstić information content (AvgIpc) is 2.87. The maximum Gasteiger partial charge on any atom is 0.265 e. The Bertz CT molecular complexity index is 445. The highest BCUT2D eigenvalue weighted by Gasteiger charge is 2.27. The van der Waals surface area contributed by atoms with E-state index in [2.05, 4.69) is 24.2 Å². The molecule has 1 atom stereocenters. The molecule has 0 bridgehead atoms. The van der Waals surface area contributed by atoms with E-state index in [1.807, 2.05) is 24.3 Å². The summed E-state index contributed by atoms with van der Waals surface area (Å²) in [6.07, 6.45) is 2.50. The van der Waals surface area contributed by atoms with E-state index in [1.54, 1.807) is 0 Å². The van der Waals surface area contributed by atoms with Crippen LogP contribution in [0.2, 0.25) is 0 Å². The van der Waals surface area contributed by atoms with Gasteiger partial charge in [0.25, 0.3) is 5.91 Å². The fourth-order valence-electron chi connectivity index (χ4n) is 2.98. The average molecular weight is 261 g/mol. The van der Waals surface area contributed by atoms with Crippen molar-refractivity contribution in [2.24, 2.45) is 11.8 Å². The van der Waals surface area contributed by atoms with Gasteiger partial charge in [0, 0.05) is 18.2 Å². The molecule has 4 heteroatoms. The Morgan fingerprint density at radius 3 is 2.89 bits per heavy atom. The number of hydrogen-bond donors (Lipinski definition) is 2. The summed E-state index contributed by atoms with van der Waals surface area (Å²) in [7, 11) is 0. The van der Waals surface area contributed by atoms with E-state index >= 15 is 0 Å². The Labute approximate surface area is 114 Å². The number of hydrazine groups is 1. The van der Waals surface area contributed by atoms with Crippen LogP contribution >= 0.6 is 0 Å². The summed E-state index contributed by atoms with van der Waals surface area (Å²) < 4.78 is 0. The Balaban J connectivity index is 2.17. The highest BCUT2D eigenvalue weighted by molar-refractivity contribution is 5.95. The predicted octanol–water partition coefficient (Wildman–Crippen LogP) is 1.91. The van der Waals surface area contributed by atoms with Crippen molar-refractivity contribution in [3.05, 3.63) is 35.4 Å². The van der Waals surface area contributed by atoms with Gasteiger partial charge in [-0.3, -0.25) is 15.1 Å². The first-order valence-electron chi connectivity index (χ1n) is 6.96. The maximum atomic E-state index is 11.8. The molecular weight excluding hydrogens is 238 g/mol. The van der Waals surface area contributed by atoms with E-state index in [4.69, 9.17) is 5.84 Å². The molecule has 1 amide bonds. The Morgan fingerprint density at radius 2 is 2.21 bits per heavy atom. The van der Waals surface area contributed by atoms with E-state index in [1.165, 1.54) is 12.8 Å². The van der Waals surface area contributed by atoms with Gasteiger partial charge in [-0.25, -0.2) is 5.84 Å². The molecule has 1 unspecified atom stereocenters. The molecule has 1 heterocycles. The van der Waals surface area contributed by atoms with Crippen molar-refractivity contribution in [3.8, 4) is 0 Å². The number of nitrogens with zero attached hydrogens (tertiary/aromatic N) is 1. The molecule has 3 N–H and O–H groups in total. The van der Waals surface area contributed by atoms with Gasteiger partial charge >= 0.3 is 0 Å². The number of hydrogen-bond acceptors (Lipinski definition) is 3. The van der Waals surface area contributed by atoms with Gasteiger partial charge in [0.1, 0.15) is 0 Å². The minimum atomic E-state index is -0.212. The van der Waals surface area contributed by atoms with E-state index in [0.717, 1.165) is 18.7 Å². The second-order valence-corrected chi connectivity index (χ2v) is 5.55. The minimum Gasteiger partial charge on any atom is -0.296 e. The normalized spacial score (nSPS) is 19.9. The molecule has 1 fully saturated rings. The van der Waals surface area contributed by atoms with Gasteiger partial charge in [0.05, 0.1) is 0 Å². The summed E-state index contributed by atoms with van der Waals surface area (Å²) in [4.78, 5) is 14.2. The molecule has 1 aromatic carbocycles. The van der Waals surface area contributed by atoms with Crippen LogP contribution in [-0.4, -0.2) is 23.4 Å². The lowest BCUT2D eigenvalue weighted by molar-refractivity contribution is 0.0951. The van der Waals surface area contributed by atoms with Gasteiger partial charge in [-0.1, -0.05) is 32.0 Å². The van der Waals surface area contributed by atoms with Gasteiger partial charge in [0.2, 0.25) is 0 Å². The van der Waals surface area contributed by atoms with Crippen LogP contribution < -0.4 is 11.3 Å². The highest BCUT2D eigenvalue weighted by Crippen LogP contribution is 2.26. The first-order chi connectivity index (χ1) is 9.13. The van der Waals surface area contributed by atoms with Crippen molar-refractivity contribution < 1.29 is 4.79 Å². The number of nitrogens with two attached hydrogens (primary N) is 1. The summed E-state index contributed by atoms with van der Waals surface area (Å²) in [5.41, 5.74) is 3.96. The van der Waals surface area contributed by atoms with Crippen molar-refractivity contribution in [2.75, 3.05) is 6.54 Å². The lowest BCUT2D eigenvalue weighted by Gasteiger charge is -2.28. The third-order valence-corrected chi connectivity index (χ3v) is 3.95. The molecular formula is C15H23N3O. The number of nitrogen functional groups attached to an aromatic ring is 1. The first kappa shape index (κ1) is 14.0. The van der Waals surface area contributed by atoms with Crippen LogP contribution in [0.5, 0.6) is 0 Å². The quantitative estimate of drug-likeness (QED) is 0.494. The van der Waals surface area contributed by atoms with Gasteiger partial charge in [-0.15, -0.1) is 0 Å². The van der Waals surface area contributed by atoms with Crippen LogP contribution in [0.25, 0.3) is 0 Å². The van der Waals surface area contributed by atoms with Crippen LogP contribution in [0.3, 0.4) is 0 Å². The van der Waals surface area contributed by atoms with Gasteiger partial charge in [-0.05, 0) is 36.9 Å². The fourth-order valence-corrected chi connectivity index (χ4v) is 2.98. The van der Waals surface area contributed by atoms with Crippen LogP contribution in [0.1, 0.15) is 42.6 Å². The summed E-state index contributed by atoms with van der Waals surface area (Å²) in [6, 6.07) is 8.31. The second-order valence-electron chi connectivity index (χ2n) is 5.55. The third-order valence-electron chi connectivity index (χ3n) is 3.95. The molecule has 1 saturated heterocycles. The molecule has 0 spiro atoms. The number of rotatable bonds is 4. The van der Waals surface area contributed by atoms with E-state index in [0.29, 0.717) is 17.5 Å². The molecule has 1 aromatic rings. The standard InChI is InChI=1S/C15H23N3O/c1-11(2)14-8-5-9-18(14)10-12-6-3-4-7-13(12)15(19)17-16/h3-4,6-7,11,14H,5,8-10,16H2,1-2H3,(H,17,19). The number of carbonyl (C=O) groups excluding carboxylic acids is 1. The largest absolute Gasteiger partial charge is 0.296 e. The smallest absolute Gasteiger partial charge is 0.265 e. The van der Waals surface area contributed by atoms with Crippen LogP contribution in [-0.2, 0) is 6.54 Å². The molecule has 2 rings (SSSR count). The Morgan fingerprint density at radius 1 is 1.47 bits per heavy atom. The van der Waals surface area contributed by atoms with Gasteiger partial charge in [-0.2, -0.15) is 0 Å². The minimum absolute atomic E-state index is 0.212. The Hall–Kier alpha value is -1.39. The molecule has 104 valence electrons. The van der Waals surface area contributed by atoms with E-state index < -0.39 is 0 Å². The number of benzene rings is 1. The third kappa shape index (κ3) is 3.14. The monoisotopic (exact) mass is 261 g/mol. The molecule has 1 aliphatic rings.